The van der Waals surface area contributed by atoms with E-state index < -0.39 is 23.7 Å². The van der Waals surface area contributed by atoms with Gasteiger partial charge in [0.15, 0.2) is 0 Å². The van der Waals surface area contributed by atoms with E-state index in [1.54, 1.807) is 13.0 Å². The highest BCUT2D eigenvalue weighted by Gasteiger charge is 2.35. The Morgan fingerprint density at radius 3 is 2.49 bits per heavy atom. The number of amidine groups is 1. The second kappa shape index (κ2) is 11.2. The predicted molar refractivity (Wildman–Crippen MR) is 130 cm³/mol. The number of hydrogen-bond donors (Lipinski definition) is 4. The van der Waals surface area contributed by atoms with Gasteiger partial charge in [0.25, 0.3) is 0 Å². The molecule has 3 rings (SSSR count). The van der Waals surface area contributed by atoms with Gasteiger partial charge in [0, 0.05) is 35.1 Å². The third-order valence-electron chi connectivity index (χ3n) is 5.25. The van der Waals surface area contributed by atoms with Gasteiger partial charge in [0.05, 0.1) is 28.9 Å². The third kappa shape index (κ3) is 5.67. The molecule has 10 nitrogen and oxygen atoms in total. The van der Waals surface area contributed by atoms with Gasteiger partial charge in [-0.1, -0.05) is 19.1 Å². The van der Waals surface area contributed by atoms with E-state index in [1.807, 2.05) is 6.07 Å². The van der Waals surface area contributed by atoms with Crippen molar-refractivity contribution in [3.05, 3.63) is 65.3 Å². The molecule has 2 aromatic heterocycles. The highest BCUT2D eigenvalue weighted by atomic mass is 19.4. The van der Waals surface area contributed by atoms with Crippen molar-refractivity contribution < 1.29 is 17.6 Å². The van der Waals surface area contributed by atoms with Crippen molar-refractivity contribution in [1.82, 2.24) is 15.0 Å². The summed E-state index contributed by atoms with van der Waals surface area (Å²) in [5.41, 5.74) is 6.64. The number of alkyl halides is 3. The van der Waals surface area contributed by atoms with Gasteiger partial charge in [0.1, 0.15) is 24.1 Å². The van der Waals surface area contributed by atoms with E-state index in [-0.39, 0.29) is 45.3 Å². The van der Waals surface area contributed by atoms with Crippen LogP contribution in [0.4, 0.5) is 23.2 Å². The molecule has 1 unspecified atom stereocenters. The van der Waals surface area contributed by atoms with Crippen LogP contribution in [0.3, 0.4) is 0 Å². The summed E-state index contributed by atoms with van der Waals surface area (Å²) >= 11 is 0. The van der Waals surface area contributed by atoms with Crippen molar-refractivity contribution in [2.45, 2.75) is 25.4 Å². The lowest BCUT2D eigenvalue weighted by Crippen LogP contribution is -2.18. The molecule has 0 bridgehead atoms. The maximum Gasteiger partial charge on any atom is 0.451 e. The largest absolute Gasteiger partial charge is 0.451 e. The first-order valence-electron chi connectivity index (χ1n) is 10.6. The van der Waals surface area contributed by atoms with Crippen LogP contribution in [0.15, 0.2) is 51.7 Å². The second-order valence-corrected chi connectivity index (χ2v) is 7.44. The molecule has 14 heteroatoms. The molecule has 1 atom stereocenters. The minimum absolute atomic E-state index is 0.00576. The number of benzene rings is 1. The van der Waals surface area contributed by atoms with Gasteiger partial charge >= 0.3 is 6.18 Å². The van der Waals surface area contributed by atoms with Crippen LogP contribution in [-0.2, 0) is 6.18 Å². The van der Waals surface area contributed by atoms with Crippen LogP contribution in [0.5, 0.6) is 0 Å². The minimum Gasteiger partial charge on any atom is -0.382 e. The van der Waals surface area contributed by atoms with E-state index >= 15 is 0 Å². The van der Waals surface area contributed by atoms with E-state index in [0.717, 1.165) is 12.4 Å². The maximum absolute atomic E-state index is 14.0. The molecule has 37 heavy (non-hydrogen) atoms. The number of hydrazone groups is 1. The Morgan fingerprint density at radius 1 is 1.27 bits per heavy atom. The first-order valence-corrected chi connectivity index (χ1v) is 10.6. The number of hydrogen-bond acceptors (Lipinski definition) is 7. The second-order valence-electron chi connectivity index (χ2n) is 7.44. The summed E-state index contributed by atoms with van der Waals surface area (Å²) in [6, 6.07) is 7.81. The SMILES string of the molecule is CCC(C(C=Nc1ccccc1F)=NN)c1[nH]c(C(N)=NC=N)c(-c2cnc(C(F)(F)F)nc2)c1C#N. The molecule has 0 radical (unpaired) electrons. The number of para-hydroxylation sites is 1. The van der Waals surface area contributed by atoms with Gasteiger partial charge in [-0.15, -0.1) is 0 Å². The molecule has 0 fully saturated rings. The van der Waals surface area contributed by atoms with Gasteiger partial charge in [-0.25, -0.2) is 19.4 Å². The van der Waals surface area contributed by atoms with E-state index in [0.29, 0.717) is 12.8 Å². The van der Waals surface area contributed by atoms with Crippen LogP contribution >= 0.6 is 0 Å². The Bertz CT molecular complexity index is 1410. The van der Waals surface area contributed by atoms with Crippen molar-refractivity contribution in [3.63, 3.8) is 0 Å². The summed E-state index contributed by atoms with van der Waals surface area (Å²) < 4.78 is 52.9. The molecule has 0 aliphatic rings. The monoisotopic (exact) mass is 512 g/mol. The summed E-state index contributed by atoms with van der Waals surface area (Å²) in [5.74, 6) is 2.77. The summed E-state index contributed by atoms with van der Waals surface area (Å²) in [6.45, 7) is 1.77. The number of aliphatic imine (C=N–C) groups is 2. The van der Waals surface area contributed by atoms with Gasteiger partial charge in [-0.2, -0.15) is 23.5 Å². The summed E-state index contributed by atoms with van der Waals surface area (Å²) in [4.78, 5) is 17.5. The quantitative estimate of drug-likeness (QED) is 0.117. The Hall–Kier alpha value is -4.93. The zero-order valence-corrected chi connectivity index (χ0v) is 19.3. The van der Waals surface area contributed by atoms with Crippen molar-refractivity contribution in [3.8, 4) is 17.2 Å². The van der Waals surface area contributed by atoms with Crippen LogP contribution in [0.2, 0.25) is 0 Å². The van der Waals surface area contributed by atoms with E-state index in [2.05, 4.69) is 30.0 Å². The number of aromatic amines is 1. The highest BCUT2D eigenvalue weighted by Crippen LogP contribution is 2.35. The number of H-pyrrole nitrogens is 1. The number of nitriles is 1. The van der Waals surface area contributed by atoms with Gasteiger partial charge < -0.3 is 16.6 Å². The molecule has 0 aliphatic carbocycles. The van der Waals surface area contributed by atoms with Crippen LogP contribution in [0.1, 0.15) is 42.0 Å². The first-order chi connectivity index (χ1) is 17.7. The number of halogens is 4. The number of nitrogens with two attached hydrogens (primary N) is 2. The molecule has 190 valence electrons. The van der Waals surface area contributed by atoms with Crippen molar-refractivity contribution in [2.75, 3.05) is 0 Å². The molecule has 0 amide bonds. The highest BCUT2D eigenvalue weighted by molar-refractivity contribution is 6.33. The van der Waals surface area contributed by atoms with Crippen molar-refractivity contribution in [2.24, 2.45) is 26.7 Å². The van der Waals surface area contributed by atoms with Crippen LogP contribution < -0.4 is 11.6 Å². The maximum atomic E-state index is 14.0. The number of aromatic nitrogens is 3. The van der Waals surface area contributed by atoms with Crippen LogP contribution in [-0.4, -0.2) is 39.1 Å². The molecule has 2 heterocycles. The van der Waals surface area contributed by atoms with E-state index in [9.17, 15) is 22.8 Å². The molecule has 0 saturated heterocycles. The fourth-order valence-electron chi connectivity index (χ4n) is 3.58. The fourth-order valence-corrected chi connectivity index (χ4v) is 3.58. The lowest BCUT2D eigenvalue weighted by molar-refractivity contribution is -0.144. The summed E-state index contributed by atoms with van der Waals surface area (Å²) in [5, 5.41) is 21.0. The third-order valence-corrected chi connectivity index (χ3v) is 5.25. The molecular formula is C23H20F4N10. The number of nitrogens with one attached hydrogen (secondary N) is 2. The Labute approximate surface area is 208 Å². The van der Waals surface area contributed by atoms with E-state index in [4.69, 9.17) is 17.0 Å². The first kappa shape index (κ1) is 26.7. The Kier molecular flexibility index (Phi) is 8.08. The molecule has 1 aromatic carbocycles. The number of rotatable bonds is 8. The summed E-state index contributed by atoms with van der Waals surface area (Å²) in [6.07, 6.45) is -0.698. The molecule has 0 saturated carbocycles. The van der Waals surface area contributed by atoms with Crippen LogP contribution in [0.25, 0.3) is 11.1 Å². The van der Waals surface area contributed by atoms with E-state index in [1.165, 1.54) is 24.4 Å². The lowest BCUT2D eigenvalue weighted by Gasteiger charge is -2.14. The smallest absolute Gasteiger partial charge is 0.382 e. The minimum atomic E-state index is -4.76. The lowest BCUT2D eigenvalue weighted by atomic mass is 9.92. The van der Waals surface area contributed by atoms with Crippen molar-refractivity contribution in [1.29, 1.82) is 10.7 Å². The standard InChI is InChI=1S/C23H20F4N10/c1-2-13(17(37-31)10-32-16-6-4-3-5-15(16)24)19-14(7-28)18(20(36-19)21(30)35-11-29)12-8-33-22(34-9-12)23(25,26)27/h3-6,8-11,13,36H,2,31H2,1H3,(H3,29,30,35). The molecule has 3 aromatic rings. The van der Waals surface area contributed by atoms with Gasteiger partial charge in [0.2, 0.25) is 5.82 Å². The van der Waals surface area contributed by atoms with Gasteiger partial charge in [-0.3, -0.25) is 10.4 Å². The topological polar surface area (TPSA) is 178 Å². The predicted octanol–water partition coefficient (Wildman–Crippen LogP) is 4.02. The number of nitrogens with zero attached hydrogens (tertiary/aromatic N) is 6. The molecular weight excluding hydrogens is 492 g/mol. The fraction of sp³-hybridized carbons (Fsp3) is 0.174. The summed E-state index contributed by atoms with van der Waals surface area (Å²) in [7, 11) is 0. The normalized spacial score (nSPS) is 13.5. The Morgan fingerprint density at radius 2 is 1.95 bits per heavy atom. The van der Waals surface area contributed by atoms with Gasteiger partial charge in [-0.05, 0) is 18.6 Å². The zero-order chi connectivity index (χ0) is 27.2. The average molecular weight is 512 g/mol. The molecule has 0 aliphatic heterocycles. The molecule has 6 N–H and O–H groups in total. The zero-order valence-electron chi connectivity index (χ0n) is 19.3. The Balaban J connectivity index is 2.19. The average Bonchev–Trinajstić information content (AvgIpc) is 3.26. The molecule has 0 spiro atoms. The van der Waals surface area contributed by atoms with Crippen LogP contribution in [0, 0.1) is 22.6 Å². The van der Waals surface area contributed by atoms with Crippen molar-refractivity contribution >= 4 is 29.8 Å².